The van der Waals surface area contributed by atoms with Crippen LogP contribution in [0.4, 0.5) is 4.39 Å². The third-order valence-electron chi connectivity index (χ3n) is 3.50. The highest BCUT2D eigenvalue weighted by molar-refractivity contribution is 5.76. The molecule has 1 amide bonds. The number of aromatic nitrogens is 2. The summed E-state index contributed by atoms with van der Waals surface area (Å²) in [5.74, 6) is 0.0236. The van der Waals surface area contributed by atoms with Crippen LogP contribution in [0.15, 0.2) is 12.4 Å². The summed E-state index contributed by atoms with van der Waals surface area (Å²) in [5, 5.41) is 3.07. The molecule has 116 valence electrons. The van der Waals surface area contributed by atoms with E-state index in [4.69, 9.17) is 4.74 Å². The van der Waals surface area contributed by atoms with Gasteiger partial charge in [-0.05, 0) is 31.6 Å². The zero-order chi connectivity index (χ0) is 15.2. The minimum absolute atomic E-state index is 0.0358. The van der Waals surface area contributed by atoms with Gasteiger partial charge >= 0.3 is 6.01 Å². The van der Waals surface area contributed by atoms with Crippen LogP contribution >= 0.6 is 0 Å². The Morgan fingerprint density at radius 3 is 2.52 bits per heavy atom. The van der Waals surface area contributed by atoms with Gasteiger partial charge in [0, 0.05) is 12.5 Å². The molecule has 0 aromatic carbocycles. The van der Waals surface area contributed by atoms with Crippen LogP contribution in [0.1, 0.15) is 46.0 Å². The SMILES string of the molecule is CC(C)CC(=O)NC1CCC(Oc2ncc(F)cn2)CC1. The molecule has 0 unspecified atom stereocenters. The number of carbonyl (C=O) groups is 1. The summed E-state index contributed by atoms with van der Waals surface area (Å²) >= 11 is 0. The van der Waals surface area contributed by atoms with E-state index in [2.05, 4.69) is 15.3 Å². The lowest BCUT2D eigenvalue weighted by Gasteiger charge is -2.29. The van der Waals surface area contributed by atoms with Crippen molar-refractivity contribution in [3.63, 3.8) is 0 Å². The van der Waals surface area contributed by atoms with Gasteiger partial charge in [-0.1, -0.05) is 13.8 Å². The van der Waals surface area contributed by atoms with Gasteiger partial charge < -0.3 is 10.1 Å². The highest BCUT2D eigenvalue weighted by atomic mass is 19.1. The van der Waals surface area contributed by atoms with Gasteiger partial charge in [-0.15, -0.1) is 0 Å². The van der Waals surface area contributed by atoms with Gasteiger partial charge in [0.1, 0.15) is 6.10 Å². The Morgan fingerprint density at radius 2 is 1.95 bits per heavy atom. The van der Waals surface area contributed by atoms with E-state index < -0.39 is 5.82 Å². The number of carbonyl (C=O) groups excluding carboxylic acids is 1. The van der Waals surface area contributed by atoms with Gasteiger partial charge in [-0.2, -0.15) is 0 Å². The van der Waals surface area contributed by atoms with Crippen molar-refractivity contribution >= 4 is 5.91 Å². The van der Waals surface area contributed by atoms with Gasteiger partial charge in [-0.3, -0.25) is 4.79 Å². The van der Waals surface area contributed by atoms with Crippen molar-refractivity contribution in [2.45, 2.75) is 58.1 Å². The van der Waals surface area contributed by atoms with Crippen LogP contribution in [0.25, 0.3) is 0 Å². The number of hydrogen-bond acceptors (Lipinski definition) is 4. The van der Waals surface area contributed by atoms with Crippen LogP contribution in [0.2, 0.25) is 0 Å². The van der Waals surface area contributed by atoms with Gasteiger partial charge in [0.25, 0.3) is 0 Å². The van der Waals surface area contributed by atoms with E-state index in [1.54, 1.807) is 0 Å². The van der Waals surface area contributed by atoms with Crippen molar-refractivity contribution in [2.75, 3.05) is 0 Å². The predicted molar refractivity (Wildman–Crippen MR) is 76.3 cm³/mol. The van der Waals surface area contributed by atoms with Crippen LogP contribution in [0.3, 0.4) is 0 Å². The lowest BCUT2D eigenvalue weighted by molar-refractivity contribution is -0.122. The summed E-state index contributed by atoms with van der Waals surface area (Å²) < 4.78 is 18.3. The Balaban J connectivity index is 1.73. The summed E-state index contributed by atoms with van der Waals surface area (Å²) in [5.41, 5.74) is 0. The molecule has 0 saturated heterocycles. The minimum atomic E-state index is -0.473. The van der Waals surface area contributed by atoms with Crippen LogP contribution in [-0.2, 0) is 4.79 Å². The van der Waals surface area contributed by atoms with E-state index in [1.165, 1.54) is 0 Å². The van der Waals surface area contributed by atoms with Crippen molar-refractivity contribution in [3.8, 4) is 6.01 Å². The summed E-state index contributed by atoms with van der Waals surface area (Å²) in [4.78, 5) is 19.3. The molecule has 1 fully saturated rings. The van der Waals surface area contributed by atoms with E-state index in [0.717, 1.165) is 38.1 Å². The first-order chi connectivity index (χ1) is 10.0. The van der Waals surface area contributed by atoms with Crippen molar-refractivity contribution in [2.24, 2.45) is 5.92 Å². The Kier molecular flexibility index (Phi) is 5.47. The molecular weight excluding hydrogens is 273 g/mol. The first kappa shape index (κ1) is 15.7. The van der Waals surface area contributed by atoms with Gasteiger partial charge in [0.05, 0.1) is 12.4 Å². The molecule has 1 heterocycles. The second-order valence-corrected chi connectivity index (χ2v) is 5.94. The maximum atomic E-state index is 12.7. The molecule has 1 N–H and O–H groups in total. The molecular formula is C15H22FN3O2. The summed E-state index contributed by atoms with van der Waals surface area (Å²) in [6.07, 6.45) is 6.25. The van der Waals surface area contributed by atoms with Gasteiger partial charge in [0.2, 0.25) is 5.91 Å². The van der Waals surface area contributed by atoms with Crippen LogP contribution in [0.5, 0.6) is 6.01 Å². The van der Waals surface area contributed by atoms with E-state index >= 15 is 0 Å². The molecule has 1 aromatic rings. The molecule has 0 atom stereocenters. The average molecular weight is 295 g/mol. The molecule has 0 radical (unpaired) electrons. The normalized spacial score (nSPS) is 22.1. The Hall–Kier alpha value is -1.72. The zero-order valence-corrected chi connectivity index (χ0v) is 12.5. The molecule has 1 saturated carbocycles. The van der Waals surface area contributed by atoms with Crippen molar-refractivity contribution < 1.29 is 13.9 Å². The number of nitrogens with one attached hydrogen (secondary N) is 1. The topological polar surface area (TPSA) is 64.1 Å². The van der Waals surface area contributed by atoms with E-state index in [0.29, 0.717) is 12.3 Å². The summed E-state index contributed by atoms with van der Waals surface area (Å²) in [6.45, 7) is 4.07. The van der Waals surface area contributed by atoms with E-state index in [-0.39, 0.29) is 24.1 Å². The molecule has 1 aliphatic carbocycles. The van der Waals surface area contributed by atoms with Crippen molar-refractivity contribution in [1.29, 1.82) is 0 Å². The summed E-state index contributed by atoms with van der Waals surface area (Å²) in [7, 11) is 0. The predicted octanol–water partition coefficient (Wildman–Crippen LogP) is 2.47. The molecule has 1 aromatic heterocycles. The number of rotatable bonds is 5. The smallest absolute Gasteiger partial charge is 0.316 e. The van der Waals surface area contributed by atoms with Crippen LogP contribution < -0.4 is 10.1 Å². The fourth-order valence-electron chi connectivity index (χ4n) is 2.49. The van der Waals surface area contributed by atoms with Gasteiger partial charge in [-0.25, -0.2) is 14.4 Å². The lowest BCUT2D eigenvalue weighted by Crippen LogP contribution is -2.40. The third-order valence-corrected chi connectivity index (χ3v) is 3.50. The first-order valence-corrected chi connectivity index (χ1v) is 7.46. The van der Waals surface area contributed by atoms with Crippen LogP contribution in [-0.4, -0.2) is 28.0 Å². The van der Waals surface area contributed by atoms with Gasteiger partial charge in [0.15, 0.2) is 5.82 Å². The molecule has 0 spiro atoms. The Bertz CT molecular complexity index is 456. The fraction of sp³-hybridized carbons (Fsp3) is 0.667. The highest BCUT2D eigenvalue weighted by Gasteiger charge is 2.24. The quantitative estimate of drug-likeness (QED) is 0.906. The molecule has 0 bridgehead atoms. The Labute approximate surface area is 124 Å². The second kappa shape index (κ2) is 7.33. The maximum absolute atomic E-state index is 12.7. The number of amides is 1. The zero-order valence-electron chi connectivity index (χ0n) is 12.5. The maximum Gasteiger partial charge on any atom is 0.316 e. The molecule has 0 aliphatic heterocycles. The summed E-state index contributed by atoms with van der Waals surface area (Å²) in [6, 6.07) is 0.439. The van der Waals surface area contributed by atoms with Crippen LogP contribution in [0, 0.1) is 11.7 Å². The first-order valence-electron chi connectivity index (χ1n) is 7.46. The number of nitrogens with zero attached hydrogens (tertiary/aromatic N) is 2. The molecule has 2 rings (SSSR count). The second-order valence-electron chi connectivity index (χ2n) is 5.94. The lowest BCUT2D eigenvalue weighted by atomic mass is 9.92. The number of ether oxygens (including phenoxy) is 1. The highest BCUT2D eigenvalue weighted by Crippen LogP contribution is 2.22. The molecule has 1 aliphatic rings. The standard InChI is InChI=1S/C15H22FN3O2/c1-10(2)7-14(20)19-12-3-5-13(6-4-12)21-15-17-8-11(16)9-18-15/h8-10,12-13H,3-7H2,1-2H3,(H,19,20). The Morgan fingerprint density at radius 1 is 1.33 bits per heavy atom. The largest absolute Gasteiger partial charge is 0.460 e. The molecule has 21 heavy (non-hydrogen) atoms. The number of hydrogen-bond donors (Lipinski definition) is 1. The molecule has 6 heteroatoms. The monoisotopic (exact) mass is 295 g/mol. The van der Waals surface area contributed by atoms with E-state index in [9.17, 15) is 9.18 Å². The fourth-order valence-corrected chi connectivity index (χ4v) is 2.49. The minimum Gasteiger partial charge on any atom is -0.460 e. The third kappa shape index (κ3) is 5.28. The molecule has 5 nitrogen and oxygen atoms in total. The average Bonchev–Trinajstić information content (AvgIpc) is 2.42. The number of halogens is 1. The van der Waals surface area contributed by atoms with E-state index in [1.807, 2.05) is 13.8 Å². The van der Waals surface area contributed by atoms with Crippen molar-refractivity contribution in [1.82, 2.24) is 15.3 Å². The van der Waals surface area contributed by atoms with Crippen molar-refractivity contribution in [3.05, 3.63) is 18.2 Å².